The number of rotatable bonds is 5. The minimum absolute atomic E-state index is 0.233. The van der Waals surface area contributed by atoms with Crippen molar-refractivity contribution in [1.82, 2.24) is 5.32 Å². The van der Waals surface area contributed by atoms with Crippen LogP contribution in [0.3, 0.4) is 0 Å². The average Bonchev–Trinajstić information content (AvgIpc) is 3.12. The summed E-state index contributed by atoms with van der Waals surface area (Å²) in [5, 5.41) is 5.30. The monoisotopic (exact) mass is 379 g/mol. The maximum Gasteiger partial charge on any atom is 0.313 e. The molecule has 1 aliphatic heterocycles. The van der Waals surface area contributed by atoms with E-state index >= 15 is 0 Å². The van der Waals surface area contributed by atoms with Crippen LogP contribution in [0.1, 0.15) is 17.4 Å². The molecule has 1 amide bonds. The Hall–Kier alpha value is -2.05. The van der Waals surface area contributed by atoms with Gasteiger partial charge in [-0.3, -0.25) is 9.59 Å². The predicted octanol–water partition coefficient (Wildman–Crippen LogP) is 3.20. The third-order valence-corrected chi connectivity index (χ3v) is 5.05. The van der Waals surface area contributed by atoms with Crippen LogP contribution in [0.2, 0.25) is 5.02 Å². The molecule has 5 nitrogen and oxygen atoms in total. The number of carbonyl (C=O) groups excluding carboxylic acids is 2. The standard InChI is InChI=1S/C18H18ClNO4S/c1-11(17(21)20-9-15-3-2-6-25-15)24-18(22)13-7-12-8-14(19)4-5-16(12)23-10-13/h2-6,8,11,13H,7,9-10H2,1H3,(H,20,21)/t11-,13-/m1/s1. The van der Waals surface area contributed by atoms with Gasteiger partial charge in [0.2, 0.25) is 0 Å². The first-order valence-corrected chi connectivity index (χ1v) is 9.20. The Morgan fingerprint density at radius 3 is 3.04 bits per heavy atom. The zero-order valence-corrected chi connectivity index (χ0v) is 15.2. The van der Waals surface area contributed by atoms with Gasteiger partial charge in [0.1, 0.15) is 12.4 Å². The summed E-state index contributed by atoms with van der Waals surface area (Å²) >= 11 is 7.54. The highest BCUT2D eigenvalue weighted by molar-refractivity contribution is 7.09. The van der Waals surface area contributed by atoms with Gasteiger partial charge in [-0.15, -0.1) is 11.3 Å². The molecule has 7 heteroatoms. The number of fused-ring (bicyclic) bond motifs is 1. The number of hydrogen-bond acceptors (Lipinski definition) is 5. The van der Waals surface area contributed by atoms with E-state index < -0.39 is 18.0 Å². The minimum atomic E-state index is -0.853. The van der Waals surface area contributed by atoms with Gasteiger partial charge in [0.15, 0.2) is 6.10 Å². The first-order chi connectivity index (χ1) is 12.0. The number of thiophene rings is 1. The lowest BCUT2D eigenvalue weighted by Crippen LogP contribution is -2.38. The fourth-order valence-electron chi connectivity index (χ4n) is 2.57. The Balaban J connectivity index is 1.52. The Kier molecular flexibility index (Phi) is 5.60. The molecule has 0 saturated carbocycles. The van der Waals surface area contributed by atoms with Crippen molar-refractivity contribution < 1.29 is 19.1 Å². The Morgan fingerprint density at radius 2 is 2.28 bits per heavy atom. The van der Waals surface area contributed by atoms with Crippen molar-refractivity contribution in [2.45, 2.75) is 26.0 Å². The van der Waals surface area contributed by atoms with E-state index in [0.717, 1.165) is 16.2 Å². The van der Waals surface area contributed by atoms with Crippen molar-refractivity contribution in [3.05, 3.63) is 51.2 Å². The number of ether oxygens (including phenoxy) is 2. The first kappa shape index (κ1) is 17.8. The molecule has 2 atom stereocenters. The molecule has 1 aliphatic rings. The van der Waals surface area contributed by atoms with Crippen LogP contribution in [-0.2, 0) is 27.3 Å². The smallest absolute Gasteiger partial charge is 0.313 e. The van der Waals surface area contributed by atoms with Crippen molar-refractivity contribution in [2.75, 3.05) is 6.61 Å². The molecule has 0 fully saturated rings. The molecule has 0 saturated heterocycles. The normalized spacial score (nSPS) is 17.1. The molecule has 1 aromatic carbocycles. The van der Waals surface area contributed by atoms with E-state index in [0.29, 0.717) is 18.0 Å². The number of hydrogen-bond donors (Lipinski definition) is 1. The second kappa shape index (κ2) is 7.89. The summed E-state index contributed by atoms with van der Waals surface area (Å²) in [4.78, 5) is 25.4. The SMILES string of the molecule is C[C@@H](OC(=O)[C@H]1COc2ccc(Cl)cc2C1)C(=O)NCc1cccs1. The maximum atomic E-state index is 12.3. The van der Waals surface area contributed by atoms with Crippen molar-refractivity contribution in [3.63, 3.8) is 0 Å². The largest absolute Gasteiger partial charge is 0.492 e. The van der Waals surface area contributed by atoms with Gasteiger partial charge in [-0.2, -0.15) is 0 Å². The van der Waals surface area contributed by atoms with Crippen LogP contribution < -0.4 is 10.1 Å². The van der Waals surface area contributed by atoms with E-state index in [1.165, 1.54) is 0 Å². The molecule has 132 valence electrons. The van der Waals surface area contributed by atoms with Crippen LogP contribution in [0, 0.1) is 5.92 Å². The molecular weight excluding hydrogens is 362 g/mol. The van der Waals surface area contributed by atoms with Gasteiger partial charge in [-0.1, -0.05) is 17.7 Å². The fraction of sp³-hybridized carbons (Fsp3) is 0.333. The van der Waals surface area contributed by atoms with Crippen molar-refractivity contribution in [3.8, 4) is 5.75 Å². The molecule has 0 radical (unpaired) electrons. The molecule has 25 heavy (non-hydrogen) atoms. The summed E-state index contributed by atoms with van der Waals surface area (Å²) in [6.45, 7) is 2.23. The van der Waals surface area contributed by atoms with Gasteiger partial charge in [0.25, 0.3) is 5.91 Å². The van der Waals surface area contributed by atoms with Gasteiger partial charge in [0.05, 0.1) is 12.5 Å². The summed E-state index contributed by atoms with van der Waals surface area (Å²) < 4.78 is 10.9. The van der Waals surface area contributed by atoms with Gasteiger partial charge in [0, 0.05) is 9.90 Å². The Morgan fingerprint density at radius 1 is 1.44 bits per heavy atom. The summed E-state index contributed by atoms with van der Waals surface area (Å²) in [6, 6.07) is 9.18. The van der Waals surface area contributed by atoms with E-state index in [1.54, 1.807) is 36.5 Å². The summed E-state index contributed by atoms with van der Waals surface area (Å²) in [5.74, 6) is -0.472. The summed E-state index contributed by atoms with van der Waals surface area (Å²) in [5.41, 5.74) is 0.871. The number of esters is 1. The van der Waals surface area contributed by atoms with Crippen LogP contribution in [0.4, 0.5) is 0 Å². The number of benzene rings is 1. The van der Waals surface area contributed by atoms with E-state index in [4.69, 9.17) is 21.1 Å². The number of carbonyl (C=O) groups is 2. The molecule has 0 unspecified atom stereocenters. The molecule has 2 heterocycles. The van der Waals surface area contributed by atoms with Crippen LogP contribution in [0.15, 0.2) is 35.7 Å². The molecule has 1 N–H and O–H groups in total. The number of nitrogens with one attached hydrogen (secondary N) is 1. The van der Waals surface area contributed by atoms with Gasteiger partial charge in [-0.25, -0.2) is 0 Å². The Labute approximate surface area is 154 Å². The van der Waals surface area contributed by atoms with E-state index in [-0.39, 0.29) is 12.5 Å². The first-order valence-electron chi connectivity index (χ1n) is 7.94. The summed E-state index contributed by atoms with van der Waals surface area (Å²) in [7, 11) is 0. The number of amides is 1. The minimum Gasteiger partial charge on any atom is -0.492 e. The zero-order valence-electron chi connectivity index (χ0n) is 13.7. The second-order valence-corrected chi connectivity index (χ2v) is 7.31. The van der Waals surface area contributed by atoms with E-state index in [2.05, 4.69) is 5.32 Å². The molecule has 0 spiro atoms. The van der Waals surface area contributed by atoms with E-state index in [1.807, 2.05) is 17.5 Å². The predicted molar refractivity (Wildman–Crippen MR) is 95.9 cm³/mol. The molecular formula is C18H18ClNO4S. The van der Waals surface area contributed by atoms with Crippen molar-refractivity contribution >= 4 is 34.8 Å². The molecule has 3 rings (SSSR count). The molecule has 1 aromatic heterocycles. The lowest BCUT2D eigenvalue weighted by Gasteiger charge is -2.25. The van der Waals surface area contributed by atoms with Crippen molar-refractivity contribution in [2.24, 2.45) is 5.92 Å². The van der Waals surface area contributed by atoms with Crippen molar-refractivity contribution in [1.29, 1.82) is 0 Å². The van der Waals surface area contributed by atoms with E-state index in [9.17, 15) is 9.59 Å². The highest BCUT2D eigenvalue weighted by Gasteiger charge is 2.30. The topological polar surface area (TPSA) is 64.6 Å². The average molecular weight is 380 g/mol. The van der Waals surface area contributed by atoms with Crippen LogP contribution >= 0.6 is 22.9 Å². The number of halogens is 1. The third-order valence-electron chi connectivity index (χ3n) is 3.94. The van der Waals surface area contributed by atoms with Gasteiger partial charge in [-0.05, 0) is 48.6 Å². The van der Waals surface area contributed by atoms with Crippen LogP contribution in [0.25, 0.3) is 0 Å². The Bertz CT molecular complexity index is 762. The molecule has 0 aliphatic carbocycles. The molecule has 2 aromatic rings. The quantitative estimate of drug-likeness (QED) is 0.810. The molecule has 0 bridgehead atoms. The van der Waals surface area contributed by atoms with Gasteiger partial charge >= 0.3 is 5.97 Å². The highest BCUT2D eigenvalue weighted by Crippen LogP contribution is 2.30. The highest BCUT2D eigenvalue weighted by atomic mass is 35.5. The second-order valence-electron chi connectivity index (χ2n) is 5.84. The summed E-state index contributed by atoms with van der Waals surface area (Å²) in [6.07, 6.45) is -0.369. The lowest BCUT2D eigenvalue weighted by molar-refractivity contribution is -0.160. The van der Waals surface area contributed by atoms with Crippen LogP contribution in [0.5, 0.6) is 5.75 Å². The third kappa shape index (κ3) is 4.52. The van der Waals surface area contributed by atoms with Gasteiger partial charge < -0.3 is 14.8 Å². The maximum absolute atomic E-state index is 12.3. The van der Waals surface area contributed by atoms with Crippen LogP contribution in [-0.4, -0.2) is 24.6 Å². The zero-order chi connectivity index (χ0) is 17.8. The lowest BCUT2D eigenvalue weighted by atomic mass is 9.97. The fourth-order valence-corrected chi connectivity index (χ4v) is 3.41.